The Bertz CT molecular complexity index is 657. The maximum absolute atomic E-state index is 13.7. The molecule has 0 radical (unpaired) electrons. The third-order valence-electron chi connectivity index (χ3n) is 5.53. The third-order valence-corrected chi connectivity index (χ3v) is 5.53. The number of likely N-dealkylation sites (N-methyl/N-ethyl adjacent to an activating group) is 1. The number of aliphatic carboxylic acids is 1. The van der Waals surface area contributed by atoms with Crippen LogP contribution in [0.2, 0.25) is 0 Å². The van der Waals surface area contributed by atoms with Gasteiger partial charge in [-0.25, -0.2) is 9.18 Å². The van der Waals surface area contributed by atoms with Crippen molar-refractivity contribution in [3.8, 4) is 0 Å². The van der Waals surface area contributed by atoms with E-state index in [9.17, 15) is 14.0 Å². The lowest BCUT2D eigenvalue weighted by molar-refractivity contribution is -0.139. The van der Waals surface area contributed by atoms with Crippen molar-refractivity contribution in [1.82, 2.24) is 15.5 Å². The first-order valence-electron chi connectivity index (χ1n) is 9.23. The fourth-order valence-electron chi connectivity index (χ4n) is 3.88. The summed E-state index contributed by atoms with van der Waals surface area (Å²) in [6, 6.07) is 6.99. The Morgan fingerprint density at radius 2 is 1.77 bits per heavy atom. The highest BCUT2D eigenvalue weighted by Gasteiger charge is 2.36. The van der Waals surface area contributed by atoms with Gasteiger partial charge in [0, 0.05) is 18.1 Å². The minimum absolute atomic E-state index is 0.0413. The van der Waals surface area contributed by atoms with E-state index in [0.717, 1.165) is 31.2 Å². The smallest absolute Gasteiger partial charge is 0.317 e. The van der Waals surface area contributed by atoms with Crippen LogP contribution in [0.15, 0.2) is 24.3 Å². The molecule has 0 aliphatic heterocycles. The van der Waals surface area contributed by atoms with E-state index < -0.39 is 5.97 Å². The number of hydrogen-bond donors (Lipinski definition) is 3. The number of carboxylic acid groups (broad SMARTS) is 1. The van der Waals surface area contributed by atoms with Gasteiger partial charge in [-0.05, 0) is 49.8 Å². The molecule has 1 aromatic rings. The molecule has 2 aliphatic rings. The molecule has 7 heteroatoms. The minimum Gasteiger partial charge on any atom is -0.480 e. The first-order chi connectivity index (χ1) is 12.5. The second-order valence-electron chi connectivity index (χ2n) is 7.28. The van der Waals surface area contributed by atoms with Crippen molar-refractivity contribution in [2.45, 2.75) is 56.7 Å². The summed E-state index contributed by atoms with van der Waals surface area (Å²) < 4.78 is 13.7. The molecule has 0 saturated heterocycles. The van der Waals surface area contributed by atoms with Crippen LogP contribution in [-0.2, 0) is 4.79 Å². The number of carboxylic acids is 1. The van der Waals surface area contributed by atoms with Gasteiger partial charge in [0.25, 0.3) is 0 Å². The Morgan fingerprint density at radius 3 is 2.35 bits per heavy atom. The van der Waals surface area contributed by atoms with Gasteiger partial charge in [0.1, 0.15) is 5.82 Å². The van der Waals surface area contributed by atoms with Crippen LogP contribution in [-0.4, -0.2) is 53.2 Å². The highest BCUT2D eigenvalue weighted by Crippen LogP contribution is 2.38. The molecule has 0 heterocycles. The molecule has 3 rings (SSSR count). The molecule has 26 heavy (non-hydrogen) atoms. The van der Waals surface area contributed by atoms with Gasteiger partial charge in [0.05, 0.1) is 6.54 Å². The Kier molecular flexibility index (Phi) is 5.76. The molecule has 2 aliphatic carbocycles. The highest BCUT2D eigenvalue weighted by atomic mass is 19.1. The van der Waals surface area contributed by atoms with Crippen LogP contribution < -0.4 is 10.6 Å². The molecule has 2 fully saturated rings. The fraction of sp³-hybridized carbons (Fsp3) is 0.579. The summed E-state index contributed by atoms with van der Waals surface area (Å²) in [5, 5.41) is 14.8. The summed E-state index contributed by atoms with van der Waals surface area (Å²) >= 11 is 0. The summed E-state index contributed by atoms with van der Waals surface area (Å²) in [6.45, 7) is 2.67. The molecule has 6 nitrogen and oxygen atoms in total. The van der Waals surface area contributed by atoms with Crippen molar-refractivity contribution < 1.29 is 19.1 Å². The number of nitrogens with zero attached hydrogens (tertiary/aromatic N) is 1. The standard InChI is InChI=1S/C19H26FN3O3/c1-2-23(11-18(24)25)15-9-14(10-15)22-19(26)21-13-7-12(8-13)16-5-3-4-6-17(16)20/h3-6,12-15H,2,7-11H2,1H3,(H,24,25)(H2,21,22,26). The Hall–Kier alpha value is -2.15. The first kappa shape index (κ1) is 18.6. The molecule has 2 amide bonds. The molecule has 0 unspecified atom stereocenters. The van der Waals surface area contributed by atoms with Crippen LogP contribution in [0.4, 0.5) is 9.18 Å². The molecule has 1 aromatic carbocycles. The lowest BCUT2D eigenvalue weighted by Crippen LogP contribution is -2.58. The molecule has 142 valence electrons. The van der Waals surface area contributed by atoms with Crippen LogP contribution in [0.25, 0.3) is 0 Å². The van der Waals surface area contributed by atoms with E-state index in [2.05, 4.69) is 10.6 Å². The second-order valence-corrected chi connectivity index (χ2v) is 7.28. The number of rotatable bonds is 7. The number of halogens is 1. The van der Waals surface area contributed by atoms with Gasteiger partial charge < -0.3 is 15.7 Å². The summed E-state index contributed by atoms with van der Waals surface area (Å²) in [5.41, 5.74) is 0.728. The number of nitrogens with one attached hydrogen (secondary N) is 2. The van der Waals surface area contributed by atoms with Crippen LogP contribution in [0.5, 0.6) is 0 Å². The molecule has 0 atom stereocenters. The Morgan fingerprint density at radius 1 is 1.15 bits per heavy atom. The zero-order valence-electron chi connectivity index (χ0n) is 15.0. The van der Waals surface area contributed by atoms with Crippen molar-refractivity contribution in [3.05, 3.63) is 35.6 Å². The zero-order valence-corrected chi connectivity index (χ0v) is 15.0. The number of amides is 2. The number of carbonyl (C=O) groups is 2. The van der Waals surface area contributed by atoms with E-state index in [1.807, 2.05) is 17.9 Å². The summed E-state index contributed by atoms with van der Waals surface area (Å²) in [7, 11) is 0. The zero-order chi connectivity index (χ0) is 18.7. The van der Waals surface area contributed by atoms with E-state index in [1.165, 1.54) is 6.07 Å². The van der Waals surface area contributed by atoms with Crippen LogP contribution in [0.1, 0.15) is 44.1 Å². The SMILES string of the molecule is CCN(CC(=O)O)C1CC(NC(=O)NC2CC(c3ccccc3F)C2)C1. The summed E-state index contributed by atoms with van der Waals surface area (Å²) in [4.78, 5) is 24.8. The van der Waals surface area contributed by atoms with Gasteiger partial charge >= 0.3 is 12.0 Å². The van der Waals surface area contributed by atoms with Gasteiger partial charge in [0.15, 0.2) is 0 Å². The normalized spacial score (nSPS) is 27.3. The molecule has 3 N–H and O–H groups in total. The Balaban J connectivity index is 1.35. The maximum Gasteiger partial charge on any atom is 0.317 e. The van der Waals surface area contributed by atoms with E-state index in [-0.39, 0.29) is 42.4 Å². The first-order valence-corrected chi connectivity index (χ1v) is 9.23. The van der Waals surface area contributed by atoms with Crippen molar-refractivity contribution in [2.75, 3.05) is 13.1 Å². The Labute approximate surface area is 152 Å². The third kappa shape index (κ3) is 4.33. The summed E-state index contributed by atoms with van der Waals surface area (Å²) in [5.74, 6) is -0.832. The minimum atomic E-state index is -0.824. The van der Waals surface area contributed by atoms with Crippen LogP contribution in [0, 0.1) is 5.82 Å². The number of hydrogen-bond acceptors (Lipinski definition) is 3. The number of carbonyl (C=O) groups excluding carboxylic acids is 1. The number of urea groups is 1. The van der Waals surface area contributed by atoms with E-state index >= 15 is 0 Å². The average Bonchev–Trinajstić information content (AvgIpc) is 2.52. The van der Waals surface area contributed by atoms with Gasteiger partial charge in [-0.1, -0.05) is 25.1 Å². The average molecular weight is 363 g/mol. The molecule has 0 aromatic heterocycles. The molecular weight excluding hydrogens is 337 g/mol. The molecular formula is C19H26FN3O3. The molecule has 2 saturated carbocycles. The van der Waals surface area contributed by atoms with Crippen LogP contribution in [0.3, 0.4) is 0 Å². The van der Waals surface area contributed by atoms with Crippen molar-refractivity contribution in [3.63, 3.8) is 0 Å². The largest absolute Gasteiger partial charge is 0.480 e. The van der Waals surface area contributed by atoms with Crippen LogP contribution >= 0.6 is 0 Å². The summed E-state index contributed by atoms with van der Waals surface area (Å²) in [6.07, 6.45) is 3.06. The van der Waals surface area contributed by atoms with Gasteiger partial charge in [-0.15, -0.1) is 0 Å². The maximum atomic E-state index is 13.7. The molecule has 0 spiro atoms. The van der Waals surface area contributed by atoms with Gasteiger partial charge in [0.2, 0.25) is 0 Å². The lowest BCUT2D eigenvalue weighted by Gasteiger charge is -2.43. The second kappa shape index (κ2) is 8.03. The highest BCUT2D eigenvalue weighted by molar-refractivity contribution is 5.75. The van der Waals surface area contributed by atoms with E-state index in [1.54, 1.807) is 12.1 Å². The van der Waals surface area contributed by atoms with Gasteiger partial charge in [-0.3, -0.25) is 9.69 Å². The number of benzene rings is 1. The van der Waals surface area contributed by atoms with Crippen molar-refractivity contribution in [1.29, 1.82) is 0 Å². The van der Waals surface area contributed by atoms with Gasteiger partial charge in [-0.2, -0.15) is 0 Å². The van der Waals surface area contributed by atoms with E-state index in [0.29, 0.717) is 6.54 Å². The predicted octanol–water partition coefficient (Wildman–Crippen LogP) is 2.31. The quantitative estimate of drug-likeness (QED) is 0.694. The monoisotopic (exact) mass is 363 g/mol. The predicted molar refractivity (Wildman–Crippen MR) is 95.5 cm³/mol. The van der Waals surface area contributed by atoms with E-state index in [4.69, 9.17) is 5.11 Å². The lowest BCUT2D eigenvalue weighted by atomic mass is 9.75. The fourth-order valence-corrected chi connectivity index (χ4v) is 3.88. The van der Waals surface area contributed by atoms with Crippen molar-refractivity contribution >= 4 is 12.0 Å². The molecule has 0 bridgehead atoms. The van der Waals surface area contributed by atoms with Crippen molar-refractivity contribution in [2.24, 2.45) is 0 Å². The topological polar surface area (TPSA) is 81.7 Å².